The highest BCUT2D eigenvalue weighted by Gasteiger charge is 2.25. The lowest BCUT2D eigenvalue weighted by Gasteiger charge is -2.22. The van der Waals surface area contributed by atoms with Gasteiger partial charge in [0.05, 0.1) is 12.6 Å². The van der Waals surface area contributed by atoms with Crippen molar-refractivity contribution >= 4 is 29.9 Å². The van der Waals surface area contributed by atoms with E-state index in [1.165, 1.54) is 0 Å². The number of halogens is 1. The third kappa shape index (κ3) is 5.46. The molecule has 1 aliphatic carbocycles. The Morgan fingerprint density at radius 2 is 2.38 bits per heavy atom. The number of rotatable bonds is 5. The van der Waals surface area contributed by atoms with Gasteiger partial charge in [0.15, 0.2) is 5.96 Å². The molecule has 1 heterocycles. The van der Waals surface area contributed by atoms with E-state index in [4.69, 9.17) is 4.52 Å². The van der Waals surface area contributed by atoms with Crippen LogP contribution in [0.1, 0.15) is 31.9 Å². The fraction of sp³-hybridized carbons (Fsp3) is 0.714. The minimum Gasteiger partial charge on any atom is -0.393 e. The zero-order valence-corrected chi connectivity index (χ0v) is 15.0. The molecule has 0 amide bonds. The molecule has 7 heteroatoms. The summed E-state index contributed by atoms with van der Waals surface area (Å²) in [5, 5.41) is 17.0. The number of nitrogens with zero attached hydrogens (tertiary/aromatic N) is 3. The fourth-order valence-corrected chi connectivity index (χ4v) is 2.54. The van der Waals surface area contributed by atoms with E-state index in [2.05, 4.69) is 15.5 Å². The second-order valence-corrected chi connectivity index (χ2v) is 5.30. The maximum absolute atomic E-state index is 9.85. The highest BCUT2D eigenvalue weighted by atomic mass is 127. The zero-order chi connectivity index (χ0) is 14.4. The molecule has 120 valence electrons. The minimum atomic E-state index is -0.192. The van der Waals surface area contributed by atoms with Gasteiger partial charge in [0, 0.05) is 32.1 Å². The minimum absolute atomic E-state index is 0. The smallest absolute Gasteiger partial charge is 0.194 e. The quantitative estimate of drug-likeness (QED) is 0.442. The summed E-state index contributed by atoms with van der Waals surface area (Å²) in [4.78, 5) is 6.66. The summed E-state index contributed by atoms with van der Waals surface area (Å²) in [5.41, 5.74) is 0.874. The van der Waals surface area contributed by atoms with Crippen LogP contribution in [0.15, 0.2) is 21.8 Å². The van der Waals surface area contributed by atoms with E-state index in [0.29, 0.717) is 19.0 Å². The van der Waals surface area contributed by atoms with Crippen LogP contribution in [0.2, 0.25) is 0 Å². The van der Waals surface area contributed by atoms with Crippen LogP contribution in [0, 0.1) is 5.92 Å². The Labute approximate surface area is 143 Å². The number of hydrogen-bond acceptors (Lipinski definition) is 4. The van der Waals surface area contributed by atoms with Crippen molar-refractivity contribution in [1.82, 2.24) is 15.4 Å². The topological polar surface area (TPSA) is 73.9 Å². The first-order chi connectivity index (χ1) is 9.70. The Balaban J connectivity index is 0.00000220. The van der Waals surface area contributed by atoms with E-state index < -0.39 is 0 Å². The molecule has 2 atom stereocenters. The van der Waals surface area contributed by atoms with Crippen molar-refractivity contribution in [2.75, 3.05) is 20.1 Å². The molecule has 0 aliphatic heterocycles. The molecular weight excluding hydrogens is 383 g/mol. The third-order valence-electron chi connectivity index (χ3n) is 3.68. The third-order valence-corrected chi connectivity index (χ3v) is 3.68. The van der Waals surface area contributed by atoms with Gasteiger partial charge in [0.1, 0.15) is 12.0 Å². The van der Waals surface area contributed by atoms with Crippen LogP contribution in [0.5, 0.6) is 0 Å². The van der Waals surface area contributed by atoms with Crippen molar-refractivity contribution < 1.29 is 9.63 Å². The average molecular weight is 408 g/mol. The predicted octanol–water partition coefficient (Wildman–Crippen LogP) is 1.85. The summed E-state index contributed by atoms with van der Waals surface area (Å²) < 4.78 is 4.84. The van der Waals surface area contributed by atoms with E-state index >= 15 is 0 Å². The van der Waals surface area contributed by atoms with E-state index in [1.807, 2.05) is 24.9 Å². The molecular formula is C14H25IN4O2. The van der Waals surface area contributed by atoms with Gasteiger partial charge in [-0.1, -0.05) is 11.6 Å². The van der Waals surface area contributed by atoms with Crippen LogP contribution in [0.3, 0.4) is 0 Å². The zero-order valence-electron chi connectivity index (χ0n) is 12.7. The molecule has 0 saturated heterocycles. The standard InChI is InChI=1S/C14H24N4O2.HI/c1-3-15-14(16-9-11-5-4-6-13(11)19)18(2)10-12-7-8-20-17-12;/h7-8,11,13,19H,3-6,9-10H2,1-2H3,(H,15,16);1H. The second-order valence-electron chi connectivity index (χ2n) is 5.30. The highest BCUT2D eigenvalue weighted by Crippen LogP contribution is 2.25. The maximum Gasteiger partial charge on any atom is 0.194 e. The van der Waals surface area contributed by atoms with Gasteiger partial charge in [-0.2, -0.15) is 0 Å². The monoisotopic (exact) mass is 408 g/mol. The molecule has 21 heavy (non-hydrogen) atoms. The van der Waals surface area contributed by atoms with Gasteiger partial charge in [-0.3, -0.25) is 4.99 Å². The van der Waals surface area contributed by atoms with Crippen molar-refractivity contribution in [3.8, 4) is 0 Å². The maximum atomic E-state index is 9.85. The van der Waals surface area contributed by atoms with Gasteiger partial charge in [-0.05, 0) is 19.8 Å². The predicted molar refractivity (Wildman–Crippen MR) is 92.7 cm³/mol. The largest absolute Gasteiger partial charge is 0.393 e. The average Bonchev–Trinajstić information content (AvgIpc) is 3.06. The van der Waals surface area contributed by atoms with Crippen LogP contribution >= 0.6 is 24.0 Å². The lowest BCUT2D eigenvalue weighted by molar-refractivity contribution is 0.136. The van der Waals surface area contributed by atoms with Crippen molar-refractivity contribution in [2.45, 2.75) is 38.8 Å². The van der Waals surface area contributed by atoms with Crippen LogP contribution in [0.4, 0.5) is 0 Å². The van der Waals surface area contributed by atoms with Crippen molar-refractivity contribution in [1.29, 1.82) is 0 Å². The van der Waals surface area contributed by atoms with Gasteiger partial charge in [0.25, 0.3) is 0 Å². The Morgan fingerprint density at radius 1 is 1.57 bits per heavy atom. The first-order valence-electron chi connectivity index (χ1n) is 7.27. The molecule has 0 bridgehead atoms. The summed E-state index contributed by atoms with van der Waals surface area (Å²) in [6, 6.07) is 1.85. The molecule has 2 rings (SSSR count). The SMILES string of the molecule is CCNC(=NCC1CCCC1O)N(C)Cc1ccon1.I. The van der Waals surface area contributed by atoms with Crippen LogP contribution in [-0.4, -0.2) is 47.4 Å². The second kappa shape index (κ2) is 9.24. The highest BCUT2D eigenvalue weighted by molar-refractivity contribution is 14.0. The van der Waals surface area contributed by atoms with E-state index in [-0.39, 0.29) is 30.1 Å². The molecule has 1 fully saturated rings. The van der Waals surface area contributed by atoms with Crippen LogP contribution in [-0.2, 0) is 6.54 Å². The molecule has 6 nitrogen and oxygen atoms in total. The van der Waals surface area contributed by atoms with Crippen molar-refractivity contribution in [2.24, 2.45) is 10.9 Å². The lowest BCUT2D eigenvalue weighted by Crippen LogP contribution is -2.39. The van der Waals surface area contributed by atoms with Crippen LogP contribution in [0.25, 0.3) is 0 Å². The van der Waals surface area contributed by atoms with E-state index in [0.717, 1.165) is 37.5 Å². The first-order valence-corrected chi connectivity index (χ1v) is 7.27. The Bertz CT molecular complexity index is 425. The molecule has 0 radical (unpaired) electrons. The Hall–Kier alpha value is -0.830. The molecule has 1 aromatic heterocycles. The molecule has 1 aliphatic rings. The summed E-state index contributed by atoms with van der Waals surface area (Å²) in [6.45, 7) is 4.18. The summed E-state index contributed by atoms with van der Waals surface area (Å²) >= 11 is 0. The Kier molecular flexibility index (Phi) is 8.02. The van der Waals surface area contributed by atoms with Crippen molar-refractivity contribution in [3.05, 3.63) is 18.0 Å². The normalized spacial score (nSPS) is 22.0. The fourth-order valence-electron chi connectivity index (χ4n) is 2.54. The van der Waals surface area contributed by atoms with Gasteiger partial charge >= 0.3 is 0 Å². The molecule has 0 aromatic carbocycles. The molecule has 2 unspecified atom stereocenters. The molecule has 1 aromatic rings. The Morgan fingerprint density at radius 3 is 2.95 bits per heavy atom. The first kappa shape index (κ1) is 18.2. The number of aliphatic hydroxyl groups excluding tert-OH is 1. The summed E-state index contributed by atoms with van der Waals surface area (Å²) in [7, 11) is 1.97. The van der Waals surface area contributed by atoms with Crippen LogP contribution < -0.4 is 5.32 Å². The van der Waals surface area contributed by atoms with Gasteiger partial charge < -0.3 is 19.8 Å². The van der Waals surface area contributed by atoms with E-state index in [1.54, 1.807) is 6.26 Å². The van der Waals surface area contributed by atoms with Crippen molar-refractivity contribution in [3.63, 3.8) is 0 Å². The number of nitrogens with one attached hydrogen (secondary N) is 1. The number of guanidine groups is 1. The number of hydrogen-bond donors (Lipinski definition) is 2. The summed E-state index contributed by atoms with van der Waals surface area (Å²) in [6.07, 6.45) is 4.46. The lowest BCUT2D eigenvalue weighted by atomic mass is 10.1. The van der Waals surface area contributed by atoms with Gasteiger partial charge in [-0.25, -0.2) is 0 Å². The van der Waals surface area contributed by atoms with Gasteiger partial charge in [0.2, 0.25) is 0 Å². The summed E-state index contributed by atoms with van der Waals surface area (Å²) in [5.74, 6) is 1.14. The molecule has 0 spiro atoms. The molecule has 2 N–H and O–H groups in total. The number of aliphatic hydroxyl groups is 1. The van der Waals surface area contributed by atoms with Gasteiger partial charge in [-0.15, -0.1) is 24.0 Å². The number of aliphatic imine (C=N–C) groups is 1. The number of aromatic nitrogens is 1. The molecule has 1 saturated carbocycles. The van der Waals surface area contributed by atoms with E-state index in [9.17, 15) is 5.11 Å².